The van der Waals surface area contributed by atoms with E-state index in [-0.39, 0.29) is 0 Å². The zero-order valence-corrected chi connectivity index (χ0v) is 9.33. The van der Waals surface area contributed by atoms with Crippen molar-refractivity contribution in [1.82, 2.24) is 24.9 Å². The number of fused-ring (bicyclic) bond motifs is 2. The summed E-state index contributed by atoms with van der Waals surface area (Å²) in [6, 6.07) is 1.98. The molecule has 0 aliphatic carbocycles. The number of hydrogen-bond donors (Lipinski definition) is 2. The van der Waals surface area contributed by atoms with Crippen molar-refractivity contribution in [3.63, 3.8) is 0 Å². The van der Waals surface area contributed by atoms with Gasteiger partial charge in [-0.2, -0.15) is 0 Å². The van der Waals surface area contributed by atoms with Gasteiger partial charge in [-0.3, -0.25) is 0 Å². The molecule has 0 amide bonds. The predicted molar refractivity (Wildman–Crippen MR) is 62.3 cm³/mol. The Balaban J connectivity index is 2.28. The smallest absolute Gasteiger partial charge is 0.159 e. The summed E-state index contributed by atoms with van der Waals surface area (Å²) in [5.74, 6) is 1.93. The number of hydrogen-bond acceptors (Lipinski definition) is 3. The van der Waals surface area contributed by atoms with E-state index in [1.54, 1.807) is 0 Å². The van der Waals surface area contributed by atoms with Gasteiger partial charge in [0.25, 0.3) is 0 Å². The molecule has 0 fully saturated rings. The fourth-order valence-electron chi connectivity index (χ4n) is 1.80. The number of aryl methyl sites for hydroxylation is 2. The average molecular weight is 215 g/mol. The molecule has 0 unspecified atom stereocenters. The second-order valence-electron chi connectivity index (χ2n) is 3.80. The van der Waals surface area contributed by atoms with Crippen molar-refractivity contribution in [2.24, 2.45) is 0 Å². The van der Waals surface area contributed by atoms with Crippen LogP contribution < -0.4 is 0 Å². The number of pyridine rings is 1. The average Bonchev–Trinajstić information content (AvgIpc) is 2.86. The number of H-pyrrole nitrogens is 2. The van der Waals surface area contributed by atoms with E-state index in [1.807, 2.05) is 6.07 Å². The van der Waals surface area contributed by atoms with E-state index in [0.717, 1.165) is 46.8 Å². The summed E-state index contributed by atoms with van der Waals surface area (Å²) in [5.41, 5.74) is 3.43. The first-order valence-corrected chi connectivity index (χ1v) is 5.54. The third kappa shape index (κ3) is 1.28. The van der Waals surface area contributed by atoms with Gasteiger partial charge >= 0.3 is 0 Å². The Morgan fingerprint density at radius 2 is 1.38 bits per heavy atom. The summed E-state index contributed by atoms with van der Waals surface area (Å²) in [6.45, 7) is 4.13. The minimum atomic E-state index is 0.829. The lowest BCUT2D eigenvalue weighted by Gasteiger charge is -1.87. The first-order chi connectivity index (χ1) is 7.80. The van der Waals surface area contributed by atoms with Crippen LogP contribution >= 0.6 is 0 Å². The van der Waals surface area contributed by atoms with Gasteiger partial charge in [-0.1, -0.05) is 13.8 Å². The number of nitrogens with zero attached hydrogens (tertiary/aromatic N) is 3. The van der Waals surface area contributed by atoms with E-state index in [4.69, 9.17) is 0 Å². The predicted octanol–water partition coefficient (Wildman–Crippen LogP) is 1.96. The van der Waals surface area contributed by atoms with Crippen molar-refractivity contribution in [2.45, 2.75) is 26.7 Å². The largest absolute Gasteiger partial charge is 0.327 e. The Morgan fingerprint density at radius 1 is 0.875 bits per heavy atom. The SMILES string of the molecule is CCc1nc2cc3nc(CC)[nH]c3nc2[nH]1. The molecule has 2 N–H and O–H groups in total. The topological polar surface area (TPSA) is 70.2 Å². The zero-order chi connectivity index (χ0) is 11.1. The van der Waals surface area contributed by atoms with Gasteiger partial charge in [0.15, 0.2) is 11.3 Å². The molecule has 0 radical (unpaired) electrons. The minimum absolute atomic E-state index is 0.829. The van der Waals surface area contributed by atoms with Gasteiger partial charge in [0.1, 0.15) is 22.7 Å². The molecule has 3 rings (SSSR count). The van der Waals surface area contributed by atoms with Crippen LogP contribution in [0.1, 0.15) is 25.5 Å². The quantitative estimate of drug-likeness (QED) is 0.686. The van der Waals surface area contributed by atoms with Crippen LogP contribution in [0.15, 0.2) is 6.07 Å². The fourth-order valence-corrected chi connectivity index (χ4v) is 1.80. The molecule has 5 nitrogen and oxygen atoms in total. The third-order valence-electron chi connectivity index (χ3n) is 2.69. The van der Waals surface area contributed by atoms with Crippen LogP contribution in [-0.2, 0) is 12.8 Å². The van der Waals surface area contributed by atoms with Crippen molar-refractivity contribution >= 4 is 22.3 Å². The van der Waals surface area contributed by atoms with Crippen LogP contribution in [0.25, 0.3) is 22.3 Å². The molecular weight excluding hydrogens is 202 g/mol. The maximum atomic E-state index is 4.48. The first kappa shape index (κ1) is 9.33. The van der Waals surface area contributed by atoms with Crippen LogP contribution in [0, 0.1) is 0 Å². The lowest BCUT2D eigenvalue weighted by molar-refractivity contribution is 0.992. The van der Waals surface area contributed by atoms with E-state index in [0.29, 0.717) is 0 Å². The Hall–Kier alpha value is -1.91. The number of nitrogens with one attached hydrogen (secondary N) is 2. The molecule has 3 aromatic heterocycles. The molecule has 0 saturated carbocycles. The molecule has 16 heavy (non-hydrogen) atoms. The van der Waals surface area contributed by atoms with Gasteiger partial charge in [-0.05, 0) is 6.07 Å². The zero-order valence-electron chi connectivity index (χ0n) is 9.33. The highest BCUT2D eigenvalue weighted by Gasteiger charge is 2.08. The monoisotopic (exact) mass is 215 g/mol. The van der Waals surface area contributed by atoms with Crippen molar-refractivity contribution < 1.29 is 0 Å². The Labute approximate surface area is 92.3 Å². The summed E-state index contributed by atoms with van der Waals surface area (Å²) in [6.07, 6.45) is 1.77. The molecule has 0 aliphatic heterocycles. The van der Waals surface area contributed by atoms with Gasteiger partial charge in [0.2, 0.25) is 0 Å². The summed E-state index contributed by atoms with van der Waals surface area (Å²) >= 11 is 0. The fraction of sp³-hybridized carbons (Fsp3) is 0.364. The van der Waals surface area contributed by atoms with Gasteiger partial charge in [0.05, 0.1) is 0 Å². The molecule has 3 aromatic rings. The second-order valence-corrected chi connectivity index (χ2v) is 3.80. The lowest BCUT2D eigenvalue weighted by atomic mass is 10.4. The van der Waals surface area contributed by atoms with E-state index >= 15 is 0 Å². The summed E-state index contributed by atoms with van der Waals surface area (Å²) in [5, 5.41) is 0. The highest BCUT2D eigenvalue weighted by atomic mass is 15.0. The van der Waals surface area contributed by atoms with E-state index in [1.165, 1.54) is 0 Å². The summed E-state index contributed by atoms with van der Waals surface area (Å²) in [7, 11) is 0. The van der Waals surface area contributed by atoms with Crippen LogP contribution in [0.3, 0.4) is 0 Å². The normalized spacial score (nSPS) is 11.6. The van der Waals surface area contributed by atoms with Gasteiger partial charge in [-0.25, -0.2) is 15.0 Å². The molecule has 0 aromatic carbocycles. The summed E-state index contributed by atoms with van der Waals surface area (Å²) < 4.78 is 0. The highest BCUT2D eigenvalue weighted by molar-refractivity contribution is 5.85. The van der Waals surface area contributed by atoms with Crippen LogP contribution in [-0.4, -0.2) is 24.9 Å². The maximum Gasteiger partial charge on any atom is 0.159 e. The number of rotatable bonds is 2. The molecule has 82 valence electrons. The Kier molecular flexibility index (Phi) is 1.92. The maximum absolute atomic E-state index is 4.48. The van der Waals surface area contributed by atoms with Crippen molar-refractivity contribution in [2.75, 3.05) is 0 Å². The molecular formula is C11H13N5. The van der Waals surface area contributed by atoms with E-state index in [2.05, 4.69) is 38.8 Å². The first-order valence-electron chi connectivity index (χ1n) is 5.54. The van der Waals surface area contributed by atoms with Crippen molar-refractivity contribution in [3.05, 3.63) is 17.7 Å². The highest BCUT2D eigenvalue weighted by Crippen LogP contribution is 2.16. The second kappa shape index (κ2) is 3.30. The Morgan fingerprint density at radius 3 is 1.81 bits per heavy atom. The van der Waals surface area contributed by atoms with Crippen LogP contribution in [0.5, 0.6) is 0 Å². The summed E-state index contributed by atoms with van der Waals surface area (Å²) in [4.78, 5) is 19.8. The van der Waals surface area contributed by atoms with Crippen LogP contribution in [0.2, 0.25) is 0 Å². The standard InChI is InChI=1S/C11H13N5/c1-3-8-12-6-5-7-11(16-10(6)14-8)15-9(4-2)13-7/h5H,3-4H2,1-2H3,(H2,12,13,14,15,16). The Bertz CT molecular complexity index is 544. The molecule has 0 aliphatic rings. The van der Waals surface area contributed by atoms with Crippen molar-refractivity contribution in [3.8, 4) is 0 Å². The minimum Gasteiger partial charge on any atom is -0.327 e. The van der Waals surface area contributed by atoms with Gasteiger partial charge < -0.3 is 9.97 Å². The molecule has 3 heterocycles. The number of imidazole rings is 2. The lowest BCUT2D eigenvalue weighted by Crippen LogP contribution is -1.82. The molecule has 0 bridgehead atoms. The van der Waals surface area contributed by atoms with Crippen LogP contribution in [0.4, 0.5) is 0 Å². The number of aromatic amines is 2. The third-order valence-corrected chi connectivity index (χ3v) is 2.69. The van der Waals surface area contributed by atoms with Crippen molar-refractivity contribution in [1.29, 1.82) is 0 Å². The van der Waals surface area contributed by atoms with E-state index < -0.39 is 0 Å². The molecule has 0 spiro atoms. The van der Waals surface area contributed by atoms with E-state index in [9.17, 15) is 0 Å². The van der Waals surface area contributed by atoms with Gasteiger partial charge in [-0.15, -0.1) is 0 Å². The molecule has 5 heteroatoms. The molecule has 0 saturated heterocycles. The number of aromatic nitrogens is 5. The molecule has 0 atom stereocenters. The van der Waals surface area contributed by atoms with Gasteiger partial charge in [0, 0.05) is 12.8 Å².